The maximum atomic E-state index is 5.07. The number of ether oxygens (including phenoxy) is 1. The molecule has 1 aliphatic rings. The Balaban J connectivity index is 1.80. The molecule has 2 heterocycles. The predicted molar refractivity (Wildman–Crippen MR) is 73.3 cm³/mol. The summed E-state index contributed by atoms with van der Waals surface area (Å²) in [5, 5.41) is 7.89. The number of pyridine rings is 1. The van der Waals surface area contributed by atoms with Crippen LogP contribution in [0.3, 0.4) is 0 Å². The lowest BCUT2D eigenvalue weighted by atomic mass is 9.93. The second-order valence-electron chi connectivity index (χ2n) is 4.85. The van der Waals surface area contributed by atoms with Crippen molar-refractivity contribution in [3.05, 3.63) is 35.8 Å². The normalized spacial score (nSPS) is 17.9. The lowest BCUT2D eigenvalue weighted by Gasteiger charge is -2.24. The summed E-state index contributed by atoms with van der Waals surface area (Å²) < 4.78 is 7.05. The Morgan fingerprint density at radius 1 is 1.37 bits per heavy atom. The van der Waals surface area contributed by atoms with E-state index in [9.17, 15) is 0 Å². The first-order valence-corrected chi connectivity index (χ1v) is 6.55. The summed E-state index contributed by atoms with van der Waals surface area (Å²) in [5.41, 5.74) is 3.66. The van der Waals surface area contributed by atoms with E-state index in [0.29, 0.717) is 11.9 Å². The van der Waals surface area contributed by atoms with Crippen LogP contribution in [0.4, 0.5) is 5.69 Å². The zero-order valence-electron chi connectivity index (χ0n) is 11.3. The van der Waals surface area contributed by atoms with E-state index in [1.54, 1.807) is 7.11 Å². The molecule has 100 valence electrons. The number of hydrogen-bond acceptors (Lipinski definition) is 4. The second kappa shape index (κ2) is 4.91. The van der Waals surface area contributed by atoms with Gasteiger partial charge in [-0.15, -0.1) is 0 Å². The average molecular weight is 258 g/mol. The molecule has 1 unspecified atom stereocenters. The Labute approximate surface area is 112 Å². The smallest absolute Gasteiger partial charge is 0.213 e. The van der Waals surface area contributed by atoms with Crippen LogP contribution in [0.15, 0.2) is 24.5 Å². The van der Waals surface area contributed by atoms with E-state index in [1.165, 1.54) is 17.7 Å². The lowest BCUT2D eigenvalue weighted by Crippen LogP contribution is -2.17. The van der Waals surface area contributed by atoms with Gasteiger partial charge in [0, 0.05) is 24.4 Å². The van der Waals surface area contributed by atoms with Gasteiger partial charge in [-0.1, -0.05) is 0 Å². The molecule has 0 amide bonds. The Hall–Kier alpha value is -2.04. The SMILES string of the molecule is COc1ccc(NC2CCCc3c2cnn3C)cn1. The second-order valence-corrected chi connectivity index (χ2v) is 4.85. The summed E-state index contributed by atoms with van der Waals surface area (Å²) in [5.74, 6) is 0.635. The van der Waals surface area contributed by atoms with Crippen LogP contribution >= 0.6 is 0 Å². The van der Waals surface area contributed by atoms with Gasteiger partial charge >= 0.3 is 0 Å². The number of aromatic nitrogens is 3. The van der Waals surface area contributed by atoms with Crippen LogP contribution < -0.4 is 10.1 Å². The Morgan fingerprint density at radius 2 is 2.26 bits per heavy atom. The minimum atomic E-state index is 0.327. The number of nitrogens with zero attached hydrogens (tertiary/aromatic N) is 3. The molecule has 1 N–H and O–H groups in total. The summed E-state index contributed by atoms with van der Waals surface area (Å²) in [7, 11) is 3.63. The van der Waals surface area contributed by atoms with Gasteiger partial charge in [-0.2, -0.15) is 5.10 Å². The van der Waals surface area contributed by atoms with E-state index in [4.69, 9.17) is 4.74 Å². The van der Waals surface area contributed by atoms with Gasteiger partial charge in [0.2, 0.25) is 5.88 Å². The van der Waals surface area contributed by atoms with Crippen LogP contribution in [0.1, 0.15) is 30.1 Å². The molecule has 0 bridgehead atoms. The Bertz CT molecular complexity index is 561. The van der Waals surface area contributed by atoms with E-state index in [-0.39, 0.29) is 0 Å². The fourth-order valence-corrected chi connectivity index (χ4v) is 2.64. The molecule has 1 aliphatic carbocycles. The summed E-state index contributed by atoms with van der Waals surface area (Å²) in [6, 6.07) is 4.19. The quantitative estimate of drug-likeness (QED) is 0.918. The zero-order chi connectivity index (χ0) is 13.2. The first-order valence-electron chi connectivity index (χ1n) is 6.55. The number of hydrogen-bond donors (Lipinski definition) is 1. The van der Waals surface area contributed by atoms with Crippen molar-refractivity contribution in [2.75, 3.05) is 12.4 Å². The van der Waals surface area contributed by atoms with E-state index in [0.717, 1.165) is 18.5 Å². The van der Waals surface area contributed by atoms with Crippen LogP contribution in [0.2, 0.25) is 0 Å². The third kappa shape index (κ3) is 2.28. The third-order valence-corrected chi connectivity index (χ3v) is 3.66. The molecule has 0 radical (unpaired) electrons. The molecular weight excluding hydrogens is 240 g/mol. The molecule has 0 saturated heterocycles. The molecule has 0 aliphatic heterocycles. The zero-order valence-corrected chi connectivity index (χ0v) is 11.3. The van der Waals surface area contributed by atoms with Gasteiger partial charge in [0.1, 0.15) is 0 Å². The molecule has 5 heteroatoms. The van der Waals surface area contributed by atoms with Crippen molar-refractivity contribution in [3.8, 4) is 5.88 Å². The van der Waals surface area contributed by atoms with E-state index < -0.39 is 0 Å². The van der Waals surface area contributed by atoms with Crippen molar-refractivity contribution in [3.63, 3.8) is 0 Å². The number of nitrogens with one attached hydrogen (secondary N) is 1. The maximum Gasteiger partial charge on any atom is 0.213 e. The predicted octanol–water partition coefficient (Wildman–Crippen LogP) is 2.31. The van der Waals surface area contributed by atoms with Crippen LogP contribution in [0.5, 0.6) is 5.88 Å². The van der Waals surface area contributed by atoms with Crippen molar-refractivity contribution in [1.82, 2.24) is 14.8 Å². The lowest BCUT2D eigenvalue weighted by molar-refractivity contribution is 0.398. The maximum absolute atomic E-state index is 5.07. The molecule has 3 rings (SSSR count). The summed E-state index contributed by atoms with van der Waals surface area (Å²) >= 11 is 0. The van der Waals surface area contributed by atoms with Gasteiger partial charge < -0.3 is 10.1 Å². The molecule has 2 aromatic rings. The number of methoxy groups -OCH3 is 1. The monoisotopic (exact) mass is 258 g/mol. The first kappa shape index (κ1) is 12.0. The Kier molecular flexibility index (Phi) is 3.11. The van der Waals surface area contributed by atoms with Crippen LogP contribution in [0, 0.1) is 0 Å². The first-order chi connectivity index (χ1) is 9.28. The van der Waals surface area contributed by atoms with Gasteiger partial charge in [-0.3, -0.25) is 4.68 Å². The van der Waals surface area contributed by atoms with Gasteiger partial charge in [0.05, 0.1) is 31.2 Å². The minimum Gasteiger partial charge on any atom is -0.481 e. The van der Waals surface area contributed by atoms with Crippen LogP contribution in [0.25, 0.3) is 0 Å². The molecular formula is C14H18N4O. The molecule has 0 saturated carbocycles. The summed E-state index contributed by atoms with van der Waals surface area (Å²) in [6.45, 7) is 0. The minimum absolute atomic E-state index is 0.327. The highest BCUT2D eigenvalue weighted by atomic mass is 16.5. The van der Waals surface area contributed by atoms with Crippen LogP contribution in [-0.4, -0.2) is 21.9 Å². The molecule has 1 atom stereocenters. The highest BCUT2D eigenvalue weighted by molar-refractivity contribution is 5.45. The number of rotatable bonds is 3. The molecule has 0 fully saturated rings. The van der Waals surface area contributed by atoms with Crippen LogP contribution in [-0.2, 0) is 13.5 Å². The standard InChI is InChI=1S/C14H18N4O/c1-18-13-5-3-4-12(11(13)9-16-18)17-10-6-7-14(19-2)15-8-10/h6-9,12,17H,3-5H2,1-2H3. The van der Waals surface area contributed by atoms with Crippen molar-refractivity contribution in [2.45, 2.75) is 25.3 Å². The van der Waals surface area contributed by atoms with E-state index >= 15 is 0 Å². The largest absolute Gasteiger partial charge is 0.481 e. The van der Waals surface area contributed by atoms with Crippen molar-refractivity contribution >= 4 is 5.69 Å². The molecule has 2 aromatic heterocycles. The Morgan fingerprint density at radius 3 is 3.00 bits per heavy atom. The van der Waals surface area contributed by atoms with Gasteiger partial charge in [-0.25, -0.2) is 4.98 Å². The van der Waals surface area contributed by atoms with E-state index in [1.807, 2.05) is 36.3 Å². The number of anilines is 1. The fraction of sp³-hybridized carbons (Fsp3) is 0.429. The summed E-state index contributed by atoms with van der Waals surface area (Å²) in [6.07, 6.45) is 7.22. The third-order valence-electron chi connectivity index (χ3n) is 3.66. The van der Waals surface area contributed by atoms with E-state index in [2.05, 4.69) is 15.4 Å². The highest BCUT2D eigenvalue weighted by Gasteiger charge is 2.23. The number of aryl methyl sites for hydroxylation is 1. The molecule has 19 heavy (non-hydrogen) atoms. The van der Waals surface area contributed by atoms with Crippen molar-refractivity contribution in [2.24, 2.45) is 7.05 Å². The topological polar surface area (TPSA) is 52.0 Å². The molecule has 5 nitrogen and oxygen atoms in total. The van der Waals surface area contributed by atoms with Gasteiger partial charge in [0.25, 0.3) is 0 Å². The van der Waals surface area contributed by atoms with Crippen molar-refractivity contribution < 1.29 is 4.74 Å². The fourth-order valence-electron chi connectivity index (χ4n) is 2.64. The summed E-state index contributed by atoms with van der Waals surface area (Å²) in [4.78, 5) is 4.22. The molecule has 0 aromatic carbocycles. The van der Waals surface area contributed by atoms with Gasteiger partial charge in [-0.05, 0) is 25.3 Å². The average Bonchev–Trinajstić information content (AvgIpc) is 2.83. The molecule has 0 spiro atoms. The number of fused-ring (bicyclic) bond motifs is 1. The highest BCUT2D eigenvalue weighted by Crippen LogP contribution is 2.32. The van der Waals surface area contributed by atoms with Crippen molar-refractivity contribution in [1.29, 1.82) is 0 Å². The van der Waals surface area contributed by atoms with Gasteiger partial charge in [0.15, 0.2) is 0 Å².